The van der Waals surface area contributed by atoms with Crippen LogP contribution in [-0.4, -0.2) is 28.9 Å². The highest BCUT2D eigenvalue weighted by molar-refractivity contribution is 5.78. The van der Waals surface area contributed by atoms with Crippen LogP contribution in [0.4, 0.5) is 0 Å². The molecule has 0 spiro atoms. The van der Waals surface area contributed by atoms with Gasteiger partial charge in [-0.2, -0.15) is 0 Å². The molecule has 1 aromatic carbocycles. The molecule has 3 nitrogen and oxygen atoms in total. The number of likely N-dealkylation sites (tertiary alicyclic amines) is 1. The highest BCUT2D eigenvalue weighted by atomic mass is 16.2. The van der Waals surface area contributed by atoms with Crippen molar-refractivity contribution in [3.05, 3.63) is 66.0 Å². The second-order valence-electron chi connectivity index (χ2n) is 6.01. The van der Waals surface area contributed by atoms with Gasteiger partial charge in [-0.05, 0) is 42.9 Å². The largest absolute Gasteiger partial charge is 0.342 e. The summed E-state index contributed by atoms with van der Waals surface area (Å²) in [5.41, 5.74) is 2.26. The molecule has 0 aliphatic carbocycles. The summed E-state index contributed by atoms with van der Waals surface area (Å²) in [4.78, 5) is 18.6. The van der Waals surface area contributed by atoms with Gasteiger partial charge in [0.15, 0.2) is 0 Å². The van der Waals surface area contributed by atoms with Crippen LogP contribution in [0.5, 0.6) is 0 Å². The topological polar surface area (TPSA) is 33.2 Å². The number of rotatable bonds is 4. The maximum Gasteiger partial charge on any atom is 0.228 e. The summed E-state index contributed by atoms with van der Waals surface area (Å²) >= 11 is 0. The number of amides is 1. The molecule has 1 aliphatic rings. The minimum atomic E-state index is 0.205. The summed E-state index contributed by atoms with van der Waals surface area (Å²) in [5, 5.41) is 0. The maximum atomic E-state index is 12.3. The highest BCUT2D eigenvalue weighted by Gasteiger charge is 2.23. The number of carbonyl (C=O) groups is 1. The maximum absolute atomic E-state index is 12.3. The molecule has 1 amide bonds. The van der Waals surface area contributed by atoms with E-state index in [1.165, 1.54) is 5.56 Å². The molecule has 2 aromatic rings. The summed E-state index contributed by atoms with van der Waals surface area (Å²) < 4.78 is 0. The average Bonchev–Trinajstić information content (AvgIpc) is 2.57. The van der Waals surface area contributed by atoms with Crippen molar-refractivity contribution in [2.24, 2.45) is 5.92 Å². The third-order valence-corrected chi connectivity index (χ3v) is 4.39. The van der Waals surface area contributed by atoms with Crippen LogP contribution in [0, 0.1) is 5.92 Å². The third kappa shape index (κ3) is 3.94. The second-order valence-corrected chi connectivity index (χ2v) is 6.01. The van der Waals surface area contributed by atoms with E-state index in [9.17, 15) is 4.79 Å². The molecule has 0 unspecified atom stereocenters. The Balaban J connectivity index is 1.48. The van der Waals surface area contributed by atoms with Gasteiger partial charge in [0.25, 0.3) is 0 Å². The molecule has 114 valence electrons. The number of hydrogen-bond donors (Lipinski definition) is 0. The first-order chi connectivity index (χ1) is 10.8. The van der Waals surface area contributed by atoms with Crippen molar-refractivity contribution in [2.45, 2.75) is 25.7 Å². The zero-order valence-corrected chi connectivity index (χ0v) is 12.8. The van der Waals surface area contributed by atoms with Gasteiger partial charge in [-0.15, -0.1) is 0 Å². The Hall–Kier alpha value is -2.16. The van der Waals surface area contributed by atoms with Crippen molar-refractivity contribution in [3.63, 3.8) is 0 Å². The van der Waals surface area contributed by atoms with Crippen LogP contribution in [0.1, 0.15) is 24.1 Å². The first-order valence-electron chi connectivity index (χ1n) is 8.03. The molecule has 3 heteroatoms. The second kappa shape index (κ2) is 7.21. The number of nitrogens with zero attached hydrogens (tertiary/aromatic N) is 2. The SMILES string of the molecule is O=C(Cc1ccccn1)N1CCC(Cc2ccccc2)CC1. The fourth-order valence-electron chi connectivity index (χ4n) is 3.10. The molecule has 0 atom stereocenters. The lowest BCUT2D eigenvalue weighted by Gasteiger charge is -2.32. The molecule has 1 aromatic heterocycles. The van der Waals surface area contributed by atoms with Gasteiger partial charge in [-0.25, -0.2) is 0 Å². The number of aromatic nitrogens is 1. The average molecular weight is 294 g/mol. The quantitative estimate of drug-likeness (QED) is 0.868. The molecule has 0 saturated carbocycles. The number of carbonyl (C=O) groups excluding carboxylic acids is 1. The van der Waals surface area contributed by atoms with E-state index >= 15 is 0 Å². The summed E-state index contributed by atoms with van der Waals surface area (Å²) in [5.74, 6) is 0.901. The molecule has 3 rings (SSSR count). The summed E-state index contributed by atoms with van der Waals surface area (Å²) in [7, 11) is 0. The smallest absolute Gasteiger partial charge is 0.228 e. The molecule has 22 heavy (non-hydrogen) atoms. The standard InChI is InChI=1S/C19H22N2O/c22-19(15-18-8-4-5-11-20-18)21-12-9-17(10-13-21)14-16-6-2-1-3-7-16/h1-8,11,17H,9-10,12-15H2. The van der Waals surface area contributed by atoms with Crippen LogP contribution in [-0.2, 0) is 17.6 Å². The minimum Gasteiger partial charge on any atom is -0.342 e. The molecule has 1 saturated heterocycles. The molecular formula is C19H22N2O. The minimum absolute atomic E-state index is 0.205. The first kappa shape index (κ1) is 14.8. The zero-order chi connectivity index (χ0) is 15.2. The lowest BCUT2D eigenvalue weighted by molar-refractivity contribution is -0.131. The van der Waals surface area contributed by atoms with Crippen LogP contribution < -0.4 is 0 Å². The Morgan fingerprint density at radius 1 is 1.05 bits per heavy atom. The van der Waals surface area contributed by atoms with Crippen LogP contribution >= 0.6 is 0 Å². The van der Waals surface area contributed by atoms with E-state index in [4.69, 9.17) is 0 Å². The number of benzene rings is 1. The monoisotopic (exact) mass is 294 g/mol. The van der Waals surface area contributed by atoms with Crippen LogP contribution in [0.25, 0.3) is 0 Å². The summed E-state index contributed by atoms with van der Waals surface area (Å²) in [6.45, 7) is 1.76. The molecule has 0 bridgehead atoms. The molecule has 1 aliphatic heterocycles. The number of piperidine rings is 1. The van der Waals surface area contributed by atoms with Gasteiger partial charge in [0.05, 0.1) is 6.42 Å². The van der Waals surface area contributed by atoms with Crippen molar-refractivity contribution in [2.75, 3.05) is 13.1 Å². The molecule has 1 fully saturated rings. The van der Waals surface area contributed by atoms with Gasteiger partial charge < -0.3 is 4.90 Å². The number of pyridine rings is 1. The van der Waals surface area contributed by atoms with Crippen molar-refractivity contribution >= 4 is 5.91 Å². The van der Waals surface area contributed by atoms with Gasteiger partial charge in [-0.1, -0.05) is 36.4 Å². The molecule has 0 N–H and O–H groups in total. The molecule has 0 radical (unpaired) electrons. The lowest BCUT2D eigenvalue weighted by atomic mass is 9.90. The van der Waals surface area contributed by atoms with Gasteiger partial charge in [0.2, 0.25) is 5.91 Å². The Kier molecular flexibility index (Phi) is 4.84. The van der Waals surface area contributed by atoms with Crippen LogP contribution in [0.3, 0.4) is 0 Å². The van der Waals surface area contributed by atoms with Crippen LogP contribution in [0.15, 0.2) is 54.7 Å². The Morgan fingerprint density at radius 3 is 2.45 bits per heavy atom. The predicted octanol–water partition coefficient (Wildman–Crippen LogP) is 3.11. The Bertz CT molecular complexity index is 589. The first-order valence-corrected chi connectivity index (χ1v) is 8.03. The zero-order valence-electron chi connectivity index (χ0n) is 12.8. The normalized spacial score (nSPS) is 15.7. The summed E-state index contributed by atoms with van der Waals surface area (Å²) in [6, 6.07) is 16.4. The van der Waals surface area contributed by atoms with Crippen LogP contribution in [0.2, 0.25) is 0 Å². The van der Waals surface area contributed by atoms with E-state index < -0.39 is 0 Å². The predicted molar refractivity (Wildman–Crippen MR) is 87.4 cm³/mol. The van der Waals surface area contributed by atoms with E-state index in [1.54, 1.807) is 6.20 Å². The Morgan fingerprint density at radius 2 is 1.77 bits per heavy atom. The Labute approximate surface area is 132 Å². The van der Waals surface area contributed by atoms with E-state index in [-0.39, 0.29) is 5.91 Å². The third-order valence-electron chi connectivity index (χ3n) is 4.39. The van der Waals surface area contributed by atoms with Crippen molar-refractivity contribution in [1.29, 1.82) is 0 Å². The highest BCUT2D eigenvalue weighted by Crippen LogP contribution is 2.22. The van der Waals surface area contributed by atoms with Crippen molar-refractivity contribution < 1.29 is 4.79 Å². The number of hydrogen-bond acceptors (Lipinski definition) is 2. The molecular weight excluding hydrogens is 272 g/mol. The molecule has 2 heterocycles. The van der Waals surface area contributed by atoms with E-state index in [0.717, 1.165) is 38.0 Å². The van der Waals surface area contributed by atoms with E-state index in [2.05, 4.69) is 35.3 Å². The van der Waals surface area contributed by atoms with Crippen molar-refractivity contribution in [3.8, 4) is 0 Å². The summed E-state index contributed by atoms with van der Waals surface area (Å²) in [6.07, 6.45) is 5.49. The fraction of sp³-hybridized carbons (Fsp3) is 0.368. The fourth-order valence-corrected chi connectivity index (χ4v) is 3.10. The lowest BCUT2D eigenvalue weighted by Crippen LogP contribution is -2.39. The van der Waals surface area contributed by atoms with Gasteiger partial charge in [-0.3, -0.25) is 9.78 Å². The van der Waals surface area contributed by atoms with Gasteiger partial charge in [0, 0.05) is 25.0 Å². The van der Waals surface area contributed by atoms with Gasteiger partial charge in [0.1, 0.15) is 0 Å². The van der Waals surface area contributed by atoms with E-state index in [0.29, 0.717) is 12.3 Å². The van der Waals surface area contributed by atoms with Crippen molar-refractivity contribution in [1.82, 2.24) is 9.88 Å². The van der Waals surface area contributed by atoms with Gasteiger partial charge >= 0.3 is 0 Å². The van der Waals surface area contributed by atoms with E-state index in [1.807, 2.05) is 23.1 Å².